The van der Waals surface area contributed by atoms with Crippen molar-refractivity contribution in [2.24, 2.45) is 0 Å². The molecule has 0 atom stereocenters. The van der Waals surface area contributed by atoms with E-state index in [0.29, 0.717) is 0 Å². The van der Waals surface area contributed by atoms with Crippen LogP contribution >= 0.6 is 0 Å². The highest BCUT2D eigenvalue weighted by Crippen LogP contribution is 2.18. The number of rotatable bonds is 5. The number of halogens is 6. The van der Waals surface area contributed by atoms with Crippen LogP contribution in [0.15, 0.2) is 0 Å². The van der Waals surface area contributed by atoms with E-state index in [4.69, 9.17) is 0 Å². The normalized spacial score (nSPS) is 13.6. The molecule has 0 N–H and O–H groups in total. The summed E-state index contributed by atoms with van der Waals surface area (Å²) in [5.74, 6) is 0. The Kier molecular flexibility index (Phi) is 5.32. The molecule has 0 fully saturated rings. The van der Waals surface area contributed by atoms with E-state index in [1.807, 2.05) is 0 Å². The smallest absolute Gasteiger partial charge is 0.333 e. The lowest BCUT2D eigenvalue weighted by Gasteiger charge is -2.18. The van der Waals surface area contributed by atoms with Gasteiger partial charge in [0.05, 0.1) is 0 Å². The summed E-state index contributed by atoms with van der Waals surface area (Å²) in [7, 11) is 0.859. The van der Waals surface area contributed by atoms with Gasteiger partial charge in [-0.1, -0.05) is 0 Å². The van der Waals surface area contributed by atoms with E-state index in [2.05, 4.69) is 14.2 Å². The number of alkyl halides is 6. The molecule has 0 heterocycles. The van der Waals surface area contributed by atoms with Crippen molar-refractivity contribution in [2.45, 2.75) is 18.8 Å². The fourth-order valence-corrected chi connectivity index (χ4v) is 0.509. The zero-order valence-corrected chi connectivity index (χ0v) is 7.48. The van der Waals surface area contributed by atoms with Crippen molar-refractivity contribution in [1.82, 2.24) is 0 Å². The zero-order chi connectivity index (χ0) is 12.1. The van der Waals surface area contributed by atoms with Gasteiger partial charge in [-0.15, -0.1) is 0 Å². The summed E-state index contributed by atoms with van der Waals surface area (Å²) in [5, 5.41) is 0. The maximum atomic E-state index is 11.6. The minimum absolute atomic E-state index is 0.859. The minimum Gasteiger partial charge on any atom is -0.333 e. The van der Waals surface area contributed by atoms with Crippen molar-refractivity contribution >= 4 is 0 Å². The molecule has 0 aromatic carbocycles. The van der Waals surface area contributed by atoms with Crippen LogP contribution < -0.4 is 0 Å². The van der Waals surface area contributed by atoms with Crippen LogP contribution in [-0.4, -0.2) is 39.2 Å². The van der Waals surface area contributed by atoms with Crippen molar-refractivity contribution in [2.75, 3.05) is 20.3 Å². The third kappa shape index (κ3) is 9.76. The van der Waals surface area contributed by atoms with Crippen LogP contribution in [0.2, 0.25) is 0 Å². The van der Waals surface area contributed by atoms with Gasteiger partial charge >= 0.3 is 12.4 Å². The molecule has 3 nitrogen and oxygen atoms in total. The Balaban J connectivity index is 3.84. The molecule has 92 valence electrons. The SMILES string of the molecule is COC(OCC(F)(F)F)OCC(F)(F)F. The van der Waals surface area contributed by atoms with E-state index in [9.17, 15) is 26.3 Å². The average Bonchev–Trinajstić information content (AvgIpc) is 2.00. The quantitative estimate of drug-likeness (QED) is 0.545. The molecule has 0 bridgehead atoms. The summed E-state index contributed by atoms with van der Waals surface area (Å²) >= 11 is 0. The summed E-state index contributed by atoms with van der Waals surface area (Å²) in [5.41, 5.74) is 0. The summed E-state index contributed by atoms with van der Waals surface area (Å²) in [6, 6.07) is 0. The van der Waals surface area contributed by atoms with E-state index in [0.717, 1.165) is 7.11 Å². The van der Waals surface area contributed by atoms with Gasteiger partial charge in [0.15, 0.2) is 0 Å². The van der Waals surface area contributed by atoms with Crippen molar-refractivity contribution < 1.29 is 40.6 Å². The highest BCUT2D eigenvalue weighted by Gasteiger charge is 2.32. The molecule has 0 radical (unpaired) electrons. The summed E-state index contributed by atoms with van der Waals surface area (Å²) in [6.45, 7) is -5.49. The van der Waals surface area contributed by atoms with Gasteiger partial charge in [0, 0.05) is 7.11 Å². The molecule has 0 aliphatic rings. The first kappa shape index (κ1) is 14.5. The van der Waals surface area contributed by atoms with E-state index in [-0.39, 0.29) is 0 Å². The van der Waals surface area contributed by atoms with Crippen molar-refractivity contribution in [3.05, 3.63) is 0 Å². The lowest BCUT2D eigenvalue weighted by atomic mass is 10.7. The monoisotopic (exact) mass is 242 g/mol. The highest BCUT2D eigenvalue weighted by atomic mass is 19.4. The highest BCUT2D eigenvalue weighted by molar-refractivity contribution is 4.47. The van der Waals surface area contributed by atoms with Gasteiger partial charge in [-0.05, 0) is 0 Å². The van der Waals surface area contributed by atoms with Gasteiger partial charge in [-0.25, -0.2) is 0 Å². The number of hydrogen-bond acceptors (Lipinski definition) is 3. The van der Waals surface area contributed by atoms with Gasteiger partial charge in [0.1, 0.15) is 13.2 Å². The van der Waals surface area contributed by atoms with Crippen LogP contribution in [-0.2, 0) is 14.2 Å². The molecule has 0 aromatic rings. The molecule has 0 aromatic heterocycles. The molecule has 0 aliphatic heterocycles. The third-order valence-electron chi connectivity index (χ3n) is 0.959. The second-order valence-corrected chi connectivity index (χ2v) is 2.38. The van der Waals surface area contributed by atoms with Crippen LogP contribution in [0, 0.1) is 0 Å². The second kappa shape index (κ2) is 5.52. The topological polar surface area (TPSA) is 27.7 Å². The van der Waals surface area contributed by atoms with Crippen LogP contribution in [0.3, 0.4) is 0 Å². The molecular formula is C6H8F6O3. The lowest BCUT2D eigenvalue weighted by Crippen LogP contribution is -2.30. The van der Waals surface area contributed by atoms with Crippen molar-refractivity contribution in [1.29, 1.82) is 0 Å². The van der Waals surface area contributed by atoms with E-state index >= 15 is 0 Å². The first-order chi connectivity index (χ1) is 6.64. The summed E-state index contributed by atoms with van der Waals surface area (Å²) in [6.07, 6.45) is -9.31. The lowest BCUT2D eigenvalue weighted by molar-refractivity contribution is -0.330. The summed E-state index contributed by atoms with van der Waals surface area (Å²) in [4.78, 5) is 0. The van der Waals surface area contributed by atoms with Gasteiger partial charge in [0.2, 0.25) is 0 Å². The van der Waals surface area contributed by atoms with E-state index in [1.165, 1.54) is 0 Å². The zero-order valence-electron chi connectivity index (χ0n) is 7.48. The Morgan fingerprint density at radius 1 is 0.867 bits per heavy atom. The Labute approximate surface area is 80.9 Å². The molecule has 0 saturated carbocycles. The first-order valence-corrected chi connectivity index (χ1v) is 3.53. The number of methoxy groups -OCH3 is 1. The predicted octanol–water partition coefficient (Wildman–Crippen LogP) is 2.07. The van der Waals surface area contributed by atoms with E-state index in [1.54, 1.807) is 0 Å². The molecule has 9 heteroatoms. The Morgan fingerprint density at radius 2 is 1.20 bits per heavy atom. The molecule has 0 unspecified atom stereocenters. The number of hydrogen-bond donors (Lipinski definition) is 0. The largest absolute Gasteiger partial charge is 0.411 e. The molecule has 0 aliphatic carbocycles. The Hall–Kier alpha value is -0.540. The van der Waals surface area contributed by atoms with Gasteiger partial charge in [0.25, 0.3) is 6.48 Å². The first-order valence-electron chi connectivity index (χ1n) is 3.53. The Bertz CT molecular complexity index is 159. The van der Waals surface area contributed by atoms with Crippen LogP contribution in [0.1, 0.15) is 0 Å². The van der Waals surface area contributed by atoms with Crippen LogP contribution in [0.5, 0.6) is 0 Å². The maximum absolute atomic E-state index is 11.6. The molecule has 0 amide bonds. The van der Waals surface area contributed by atoms with Gasteiger partial charge in [-0.3, -0.25) is 0 Å². The van der Waals surface area contributed by atoms with Gasteiger partial charge < -0.3 is 14.2 Å². The summed E-state index contributed by atoms with van der Waals surface area (Å²) < 4.78 is 81.3. The maximum Gasteiger partial charge on any atom is 0.411 e. The number of ether oxygens (including phenoxy) is 3. The standard InChI is InChI=1S/C6H8F6O3/c1-13-4(14-2-5(7,8)9)15-3-6(10,11)12/h4H,2-3H2,1H3. The minimum atomic E-state index is -4.65. The molecule has 0 saturated heterocycles. The molecule has 0 spiro atoms. The second-order valence-electron chi connectivity index (χ2n) is 2.38. The Morgan fingerprint density at radius 3 is 1.40 bits per heavy atom. The average molecular weight is 242 g/mol. The fourth-order valence-electron chi connectivity index (χ4n) is 0.509. The van der Waals surface area contributed by atoms with Crippen molar-refractivity contribution in [3.63, 3.8) is 0 Å². The molecule has 0 rings (SSSR count). The molecule has 15 heavy (non-hydrogen) atoms. The third-order valence-corrected chi connectivity index (χ3v) is 0.959. The van der Waals surface area contributed by atoms with Crippen LogP contribution in [0.4, 0.5) is 26.3 Å². The van der Waals surface area contributed by atoms with Gasteiger partial charge in [-0.2, -0.15) is 26.3 Å². The predicted molar refractivity (Wildman–Crippen MR) is 34.8 cm³/mol. The van der Waals surface area contributed by atoms with E-state index < -0.39 is 32.0 Å². The molecular weight excluding hydrogens is 234 g/mol. The van der Waals surface area contributed by atoms with Crippen molar-refractivity contribution in [3.8, 4) is 0 Å². The van der Waals surface area contributed by atoms with Crippen LogP contribution in [0.25, 0.3) is 0 Å². The fraction of sp³-hybridized carbons (Fsp3) is 1.00.